The highest BCUT2D eigenvalue weighted by Gasteiger charge is 2.15. The number of nitrogens with zero attached hydrogens (tertiary/aromatic N) is 4. The number of nitrogens with two attached hydrogens (primary N) is 1. The number of anilines is 1. The average Bonchev–Trinajstić information content (AvgIpc) is 2.97. The molecule has 2 aromatic heterocycles. The Labute approximate surface area is 140 Å². The van der Waals surface area contributed by atoms with Crippen LogP contribution in [-0.2, 0) is 18.3 Å². The maximum Gasteiger partial charge on any atom is 0.158 e. The van der Waals surface area contributed by atoms with E-state index in [1.54, 1.807) is 0 Å². The van der Waals surface area contributed by atoms with E-state index in [0.717, 1.165) is 66.4 Å². The van der Waals surface area contributed by atoms with Crippen molar-refractivity contribution in [3.8, 4) is 11.1 Å². The van der Waals surface area contributed by atoms with E-state index in [-0.39, 0.29) is 0 Å². The summed E-state index contributed by atoms with van der Waals surface area (Å²) in [5, 5.41) is 5.45. The van der Waals surface area contributed by atoms with Gasteiger partial charge in [0, 0.05) is 37.8 Å². The number of ether oxygens (including phenoxy) is 1. The molecule has 1 aliphatic heterocycles. The molecule has 4 rings (SSSR count). The number of nitrogen functional groups attached to an aromatic ring is 1. The maximum absolute atomic E-state index is 5.83. The molecule has 3 aromatic rings. The largest absolute Gasteiger partial charge is 0.399 e. The fourth-order valence-corrected chi connectivity index (χ4v) is 3.14. The molecule has 1 saturated heterocycles. The minimum absolute atomic E-state index is 0.767. The summed E-state index contributed by atoms with van der Waals surface area (Å²) >= 11 is 0. The van der Waals surface area contributed by atoms with Crippen LogP contribution in [0, 0.1) is 0 Å². The molecule has 0 saturated carbocycles. The van der Waals surface area contributed by atoms with Crippen molar-refractivity contribution in [1.29, 1.82) is 0 Å². The maximum atomic E-state index is 5.83. The monoisotopic (exact) mass is 323 g/mol. The zero-order valence-electron chi connectivity index (χ0n) is 13.8. The van der Waals surface area contributed by atoms with Gasteiger partial charge < -0.3 is 10.5 Å². The molecule has 0 aliphatic carbocycles. The van der Waals surface area contributed by atoms with Crippen molar-refractivity contribution in [1.82, 2.24) is 19.7 Å². The van der Waals surface area contributed by atoms with Gasteiger partial charge in [-0.25, -0.2) is 4.98 Å². The Morgan fingerprint density at radius 1 is 1.17 bits per heavy atom. The Balaban J connectivity index is 1.77. The quantitative estimate of drug-likeness (QED) is 0.747. The van der Waals surface area contributed by atoms with Gasteiger partial charge in [-0.2, -0.15) is 5.10 Å². The van der Waals surface area contributed by atoms with Gasteiger partial charge in [0.05, 0.1) is 25.1 Å². The number of morpholine rings is 1. The molecule has 6 heteroatoms. The fraction of sp³-hybridized carbons (Fsp3) is 0.333. The van der Waals surface area contributed by atoms with Crippen LogP contribution in [0.1, 0.15) is 5.69 Å². The molecular formula is C18H21N5O. The van der Waals surface area contributed by atoms with Gasteiger partial charge in [0.2, 0.25) is 0 Å². The minimum atomic E-state index is 0.767. The number of hydrogen-bond acceptors (Lipinski definition) is 5. The highest BCUT2D eigenvalue weighted by molar-refractivity contribution is 5.93. The van der Waals surface area contributed by atoms with Crippen LogP contribution in [0.5, 0.6) is 0 Å². The summed E-state index contributed by atoms with van der Waals surface area (Å²) in [6, 6.07) is 10.1. The summed E-state index contributed by atoms with van der Waals surface area (Å²) in [4.78, 5) is 7.20. The molecule has 1 aliphatic rings. The van der Waals surface area contributed by atoms with Gasteiger partial charge in [0.25, 0.3) is 0 Å². The van der Waals surface area contributed by atoms with E-state index in [1.807, 2.05) is 30.1 Å². The van der Waals surface area contributed by atoms with E-state index < -0.39 is 0 Å². The van der Waals surface area contributed by atoms with Gasteiger partial charge in [0.15, 0.2) is 5.65 Å². The number of rotatable bonds is 3. The van der Waals surface area contributed by atoms with Crippen LogP contribution in [0.3, 0.4) is 0 Å². The van der Waals surface area contributed by atoms with Crippen LogP contribution in [0.15, 0.2) is 36.5 Å². The van der Waals surface area contributed by atoms with Crippen molar-refractivity contribution >= 4 is 16.7 Å². The van der Waals surface area contributed by atoms with Crippen molar-refractivity contribution in [3.05, 3.63) is 42.2 Å². The third-order valence-corrected chi connectivity index (χ3v) is 4.47. The van der Waals surface area contributed by atoms with Crippen LogP contribution < -0.4 is 5.73 Å². The predicted molar refractivity (Wildman–Crippen MR) is 94.5 cm³/mol. The summed E-state index contributed by atoms with van der Waals surface area (Å²) in [5.41, 5.74) is 10.8. The first kappa shape index (κ1) is 15.1. The van der Waals surface area contributed by atoms with E-state index in [0.29, 0.717) is 0 Å². The Hall–Kier alpha value is -2.44. The lowest BCUT2D eigenvalue weighted by molar-refractivity contribution is 0.0337. The van der Waals surface area contributed by atoms with Crippen LogP contribution in [-0.4, -0.2) is 46.0 Å². The molecular weight excluding hydrogens is 302 g/mol. The first-order chi connectivity index (χ1) is 11.7. The second-order valence-corrected chi connectivity index (χ2v) is 6.18. The lowest BCUT2D eigenvalue weighted by Crippen LogP contribution is -2.35. The molecule has 0 radical (unpaired) electrons. The van der Waals surface area contributed by atoms with Gasteiger partial charge >= 0.3 is 0 Å². The topological polar surface area (TPSA) is 69.2 Å². The third kappa shape index (κ3) is 2.86. The SMILES string of the molecule is Cn1ncc2c(-c3ccc(N)cc3)cc(CN3CCOCC3)nc21. The standard InChI is InChI=1S/C18H21N5O/c1-22-18-17(11-20-22)16(13-2-4-14(19)5-3-13)10-15(21-18)12-23-6-8-24-9-7-23/h2-5,10-11H,6-9,12,19H2,1H3. The normalized spacial score (nSPS) is 15.9. The smallest absolute Gasteiger partial charge is 0.158 e. The van der Waals surface area contributed by atoms with Gasteiger partial charge in [-0.05, 0) is 29.3 Å². The zero-order valence-corrected chi connectivity index (χ0v) is 13.8. The molecule has 0 amide bonds. The lowest BCUT2D eigenvalue weighted by Gasteiger charge is -2.26. The fourth-order valence-electron chi connectivity index (χ4n) is 3.14. The number of aryl methyl sites for hydroxylation is 1. The lowest BCUT2D eigenvalue weighted by atomic mass is 10.0. The van der Waals surface area contributed by atoms with Crippen molar-refractivity contribution in [3.63, 3.8) is 0 Å². The number of benzene rings is 1. The van der Waals surface area contributed by atoms with E-state index in [4.69, 9.17) is 15.5 Å². The van der Waals surface area contributed by atoms with Gasteiger partial charge in [-0.1, -0.05) is 12.1 Å². The molecule has 24 heavy (non-hydrogen) atoms. The molecule has 0 unspecified atom stereocenters. The van der Waals surface area contributed by atoms with Crippen molar-refractivity contribution < 1.29 is 4.74 Å². The third-order valence-electron chi connectivity index (χ3n) is 4.47. The summed E-state index contributed by atoms with van der Waals surface area (Å²) < 4.78 is 7.26. The van der Waals surface area contributed by atoms with E-state index >= 15 is 0 Å². The molecule has 0 bridgehead atoms. The zero-order chi connectivity index (χ0) is 16.5. The van der Waals surface area contributed by atoms with Gasteiger partial charge in [0.1, 0.15) is 0 Å². The van der Waals surface area contributed by atoms with E-state index in [1.165, 1.54) is 0 Å². The van der Waals surface area contributed by atoms with Crippen LogP contribution in [0.25, 0.3) is 22.2 Å². The highest BCUT2D eigenvalue weighted by atomic mass is 16.5. The number of pyridine rings is 1. The van der Waals surface area contributed by atoms with Crippen molar-refractivity contribution in [2.45, 2.75) is 6.54 Å². The molecule has 2 N–H and O–H groups in total. The van der Waals surface area contributed by atoms with Crippen LogP contribution in [0.2, 0.25) is 0 Å². The van der Waals surface area contributed by atoms with Gasteiger partial charge in [-0.15, -0.1) is 0 Å². The summed E-state index contributed by atoms with van der Waals surface area (Å²) in [6.45, 7) is 4.30. The Morgan fingerprint density at radius 2 is 1.92 bits per heavy atom. The molecule has 1 fully saturated rings. The number of hydrogen-bond donors (Lipinski definition) is 1. The molecule has 6 nitrogen and oxygen atoms in total. The van der Waals surface area contributed by atoms with Gasteiger partial charge in [-0.3, -0.25) is 9.58 Å². The number of aromatic nitrogens is 3. The van der Waals surface area contributed by atoms with Crippen LogP contribution >= 0.6 is 0 Å². The molecule has 124 valence electrons. The second kappa shape index (κ2) is 6.22. The second-order valence-electron chi connectivity index (χ2n) is 6.18. The summed E-state index contributed by atoms with van der Waals surface area (Å²) in [5.74, 6) is 0. The number of fused-ring (bicyclic) bond motifs is 1. The molecule has 0 spiro atoms. The molecule has 1 aromatic carbocycles. The average molecular weight is 323 g/mol. The van der Waals surface area contributed by atoms with Crippen molar-refractivity contribution in [2.75, 3.05) is 32.0 Å². The Bertz CT molecular complexity index is 850. The molecule has 3 heterocycles. The molecule has 0 atom stereocenters. The van der Waals surface area contributed by atoms with Crippen molar-refractivity contribution in [2.24, 2.45) is 7.05 Å². The summed E-state index contributed by atoms with van der Waals surface area (Å²) in [6.07, 6.45) is 1.88. The predicted octanol–water partition coefficient (Wildman–Crippen LogP) is 2.05. The minimum Gasteiger partial charge on any atom is -0.399 e. The Kier molecular flexibility index (Phi) is 3.92. The Morgan fingerprint density at radius 3 is 2.67 bits per heavy atom. The first-order valence-electron chi connectivity index (χ1n) is 8.18. The van der Waals surface area contributed by atoms with E-state index in [9.17, 15) is 0 Å². The van der Waals surface area contributed by atoms with Crippen LogP contribution in [0.4, 0.5) is 5.69 Å². The first-order valence-corrected chi connectivity index (χ1v) is 8.18. The summed E-state index contributed by atoms with van der Waals surface area (Å²) in [7, 11) is 1.93. The van der Waals surface area contributed by atoms with E-state index in [2.05, 4.69) is 28.2 Å². The highest BCUT2D eigenvalue weighted by Crippen LogP contribution is 2.29.